The fourth-order valence-electron chi connectivity index (χ4n) is 2.93. The van der Waals surface area contributed by atoms with E-state index >= 15 is 0 Å². The summed E-state index contributed by atoms with van der Waals surface area (Å²) >= 11 is 0.908. The molecule has 0 unspecified atom stereocenters. The van der Waals surface area contributed by atoms with Gasteiger partial charge in [-0.25, -0.2) is 0 Å². The molecule has 0 atom stereocenters. The van der Waals surface area contributed by atoms with Crippen LogP contribution in [-0.4, -0.2) is 41.9 Å². The van der Waals surface area contributed by atoms with E-state index in [4.69, 9.17) is 9.47 Å². The van der Waals surface area contributed by atoms with E-state index in [1.165, 1.54) is 24.7 Å². The summed E-state index contributed by atoms with van der Waals surface area (Å²) in [6, 6.07) is 13.1. The van der Waals surface area contributed by atoms with Gasteiger partial charge in [0, 0.05) is 6.54 Å². The second-order valence-corrected chi connectivity index (χ2v) is 7.19. The van der Waals surface area contributed by atoms with Crippen molar-refractivity contribution in [3.63, 3.8) is 0 Å². The van der Waals surface area contributed by atoms with Gasteiger partial charge in [0.25, 0.3) is 11.1 Å². The number of aryl methyl sites for hydroxylation is 1. The molecule has 2 aromatic carbocycles. The number of phenolic OH excluding ortho intramolecular Hbond substituents is 1. The van der Waals surface area contributed by atoms with Crippen LogP contribution in [0.1, 0.15) is 17.5 Å². The van der Waals surface area contributed by atoms with Crippen molar-refractivity contribution in [2.75, 3.05) is 20.8 Å². The maximum atomic E-state index is 12.6. The number of ether oxygens (including phenoxy) is 2. The summed E-state index contributed by atoms with van der Waals surface area (Å²) in [5.41, 5.74) is 1.77. The van der Waals surface area contributed by atoms with Gasteiger partial charge < -0.3 is 14.6 Å². The van der Waals surface area contributed by atoms with Gasteiger partial charge in [-0.1, -0.05) is 30.3 Å². The van der Waals surface area contributed by atoms with E-state index in [2.05, 4.69) is 0 Å². The first kappa shape index (κ1) is 19.8. The second kappa shape index (κ2) is 8.84. The molecule has 1 aliphatic heterocycles. The molecule has 1 saturated heterocycles. The van der Waals surface area contributed by atoms with E-state index in [0.29, 0.717) is 23.4 Å². The molecule has 6 nitrogen and oxygen atoms in total. The number of thioether (sulfide) groups is 1. The number of rotatable bonds is 7. The van der Waals surface area contributed by atoms with Crippen molar-refractivity contribution in [1.29, 1.82) is 0 Å². The number of amides is 2. The summed E-state index contributed by atoms with van der Waals surface area (Å²) in [5, 5.41) is 9.72. The number of aromatic hydroxyl groups is 1. The minimum Gasteiger partial charge on any atom is -0.502 e. The Labute approximate surface area is 167 Å². The van der Waals surface area contributed by atoms with Gasteiger partial charge in [-0.05, 0) is 53.9 Å². The highest BCUT2D eigenvalue weighted by Crippen LogP contribution is 2.39. The van der Waals surface area contributed by atoms with Gasteiger partial charge in [0.2, 0.25) is 5.75 Å². The van der Waals surface area contributed by atoms with Crippen LogP contribution in [0.4, 0.5) is 4.79 Å². The van der Waals surface area contributed by atoms with Crippen molar-refractivity contribution in [1.82, 2.24) is 4.90 Å². The Morgan fingerprint density at radius 3 is 2.32 bits per heavy atom. The number of carbonyl (C=O) groups excluding carboxylic acids is 2. The Kier molecular flexibility index (Phi) is 6.26. The first-order valence-electron chi connectivity index (χ1n) is 8.77. The van der Waals surface area contributed by atoms with Crippen molar-refractivity contribution in [3.05, 3.63) is 58.5 Å². The van der Waals surface area contributed by atoms with Crippen molar-refractivity contribution in [2.45, 2.75) is 12.8 Å². The lowest BCUT2D eigenvalue weighted by atomic mass is 10.1. The summed E-state index contributed by atoms with van der Waals surface area (Å²) in [5.74, 6) is 0.0330. The number of benzene rings is 2. The number of phenols is 1. The van der Waals surface area contributed by atoms with Gasteiger partial charge in [-0.15, -0.1) is 0 Å². The Morgan fingerprint density at radius 2 is 1.71 bits per heavy atom. The van der Waals surface area contributed by atoms with Crippen LogP contribution in [0.25, 0.3) is 6.08 Å². The highest BCUT2D eigenvalue weighted by Gasteiger charge is 2.34. The van der Waals surface area contributed by atoms with Crippen LogP contribution in [0, 0.1) is 0 Å². The van der Waals surface area contributed by atoms with Gasteiger partial charge in [-0.3, -0.25) is 14.5 Å². The number of hydrogen-bond acceptors (Lipinski definition) is 6. The standard InChI is InChI=1S/C21H21NO5S/c1-26-16-11-15(12-17(27-2)19(16)23)13-18-20(24)22(21(25)28-18)10-6-9-14-7-4-3-5-8-14/h3-5,7-8,11-13,23H,6,9-10H2,1-2H3/b18-13+. The number of carbonyl (C=O) groups is 2. The third kappa shape index (κ3) is 4.31. The molecular formula is C21H21NO5S. The van der Waals surface area contributed by atoms with Crippen LogP contribution < -0.4 is 9.47 Å². The average Bonchev–Trinajstić information content (AvgIpc) is 2.97. The zero-order valence-corrected chi connectivity index (χ0v) is 16.5. The van der Waals surface area contributed by atoms with E-state index in [1.807, 2.05) is 30.3 Å². The van der Waals surface area contributed by atoms with E-state index < -0.39 is 0 Å². The molecule has 1 N–H and O–H groups in total. The predicted molar refractivity (Wildman–Crippen MR) is 109 cm³/mol. The highest BCUT2D eigenvalue weighted by atomic mass is 32.2. The molecule has 0 radical (unpaired) electrons. The molecule has 2 aromatic rings. The minimum atomic E-state index is -0.311. The van der Waals surface area contributed by atoms with Crippen LogP contribution in [0.2, 0.25) is 0 Å². The molecule has 3 rings (SSSR count). The molecule has 0 bridgehead atoms. The second-order valence-electron chi connectivity index (χ2n) is 6.20. The number of methoxy groups -OCH3 is 2. The molecule has 7 heteroatoms. The van der Waals surface area contributed by atoms with Crippen molar-refractivity contribution in [2.24, 2.45) is 0 Å². The van der Waals surface area contributed by atoms with Crippen LogP contribution in [0.3, 0.4) is 0 Å². The highest BCUT2D eigenvalue weighted by molar-refractivity contribution is 8.18. The lowest BCUT2D eigenvalue weighted by Gasteiger charge is -2.12. The summed E-state index contributed by atoms with van der Waals surface area (Å²) in [6.45, 7) is 0.374. The van der Waals surface area contributed by atoms with Crippen LogP contribution in [0.5, 0.6) is 17.2 Å². The van der Waals surface area contributed by atoms with Crippen molar-refractivity contribution in [3.8, 4) is 17.2 Å². The van der Waals surface area contributed by atoms with Crippen molar-refractivity contribution >= 4 is 29.0 Å². The van der Waals surface area contributed by atoms with Gasteiger partial charge >= 0.3 is 0 Å². The SMILES string of the molecule is COc1cc(/C=C2/SC(=O)N(CCCc3ccccc3)C2=O)cc(OC)c1O. The number of nitrogens with zero attached hydrogens (tertiary/aromatic N) is 1. The Morgan fingerprint density at radius 1 is 1.07 bits per heavy atom. The average molecular weight is 399 g/mol. The molecule has 0 saturated carbocycles. The molecule has 146 valence electrons. The zero-order chi connectivity index (χ0) is 20.1. The Hall–Kier alpha value is -2.93. The zero-order valence-electron chi connectivity index (χ0n) is 15.7. The molecule has 28 heavy (non-hydrogen) atoms. The largest absolute Gasteiger partial charge is 0.502 e. The third-order valence-electron chi connectivity index (χ3n) is 4.36. The topological polar surface area (TPSA) is 76.1 Å². The van der Waals surface area contributed by atoms with Crippen LogP contribution in [0.15, 0.2) is 47.4 Å². The quantitative estimate of drug-likeness (QED) is 0.707. The smallest absolute Gasteiger partial charge is 0.293 e. The Bertz CT molecular complexity index is 885. The fraction of sp³-hybridized carbons (Fsp3) is 0.238. The summed E-state index contributed by atoms with van der Waals surface area (Å²) in [4.78, 5) is 26.5. The molecule has 0 aromatic heterocycles. The van der Waals surface area contributed by atoms with Crippen LogP contribution in [-0.2, 0) is 11.2 Å². The number of imide groups is 1. The lowest BCUT2D eigenvalue weighted by molar-refractivity contribution is -0.122. The van der Waals surface area contributed by atoms with E-state index in [1.54, 1.807) is 18.2 Å². The summed E-state index contributed by atoms with van der Waals surface area (Å²) < 4.78 is 10.3. The van der Waals surface area contributed by atoms with Gasteiger partial charge in [-0.2, -0.15) is 0 Å². The molecule has 0 spiro atoms. The summed E-state index contributed by atoms with van der Waals surface area (Å²) in [6.07, 6.45) is 3.11. The maximum Gasteiger partial charge on any atom is 0.293 e. The third-order valence-corrected chi connectivity index (χ3v) is 5.27. The first-order chi connectivity index (χ1) is 13.5. The number of hydrogen-bond donors (Lipinski definition) is 1. The predicted octanol–water partition coefficient (Wildman–Crippen LogP) is 4.08. The molecule has 2 amide bonds. The normalized spacial score (nSPS) is 15.4. The van der Waals surface area contributed by atoms with Gasteiger partial charge in [0.1, 0.15) is 0 Å². The molecule has 1 heterocycles. The summed E-state index contributed by atoms with van der Waals surface area (Å²) in [7, 11) is 2.86. The van der Waals surface area contributed by atoms with Crippen LogP contribution >= 0.6 is 11.8 Å². The lowest BCUT2D eigenvalue weighted by Crippen LogP contribution is -2.29. The van der Waals surface area contributed by atoms with Crippen molar-refractivity contribution < 1.29 is 24.2 Å². The molecule has 1 aliphatic rings. The van der Waals surface area contributed by atoms with E-state index in [0.717, 1.165) is 18.2 Å². The van der Waals surface area contributed by atoms with E-state index in [9.17, 15) is 14.7 Å². The maximum absolute atomic E-state index is 12.6. The van der Waals surface area contributed by atoms with E-state index in [-0.39, 0.29) is 28.4 Å². The van der Waals surface area contributed by atoms with Gasteiger partial charge in [0.05, 0.1) is 19.1 Å². The minimum absolute atomic E-state index is 0.115. The Balaban J connectivity index is 1.72. The first-order valence-corrected chi connectivity index (χ1v) is 9.59. The molecular weight excluding hydrogens is 378 g/mol. The molecule has 0 aliphatic carbocycles. The van der Waals surface area contributed by atoms with Gasteiger partial charge in [0.15, 0.2) is 11.5 Å². The fourth-order valence-corrected chi connectivity index (χ4v) is 3.79. The molecule has 1 fully saturated rings. The monoisotopic (exact) mass is 399 g/mol.